The van der Waals surface area contributed by atoms with Gasteiger partial charge >= 0.3 is 5.97 Å². The fourth-order valence-electron chi connectivity index (χ4n) is 2.06. The standard InChI is InChI=1S/C12H24N2O3/c1-3-17-12(15)11(13)6-9-14-7-4-10(16-2)5-8-14/h10-11H,3-9,13H2,1-2H3. The SMILES string of the molecule is CCOC(=O)C(N)CCN1CCC(OC)CC1. The summed E-state index contributed by atoms with van der Waals surface area (Å²) in [6, 6.07) is -0.491. The molecule has 0 radical (unpaired) electrons. The van der Waals surface area contributed by atoms with Gasteiger partial charge in [0.25, 0.3) is 0 Å². The zero-order valence-electron chi connectivity index (χ0n) is 10.9. The molecule has 0 saturated carbocycles. The van der Waals surface area contributed by atoms with Crippen LogP contribution in [0, 0.1) is 0 Å². The van der Waals surface area contributed by atoms with E-state index in [1.54, 1.807) is 14.0 Å². The number of hydrogen-bond donors (Lipinski definition) is 1. The van der Waals surface area contributed by atoms with Gasteiger partial charge in [-0.25, -0.2) is 0 Å². The maximum atomic E-state index is 11.3. The first-order valence-corrected chi connectivity index (χ1v) is 6.34. The van der Waals surface area contributed by atoms with E-state index >= 15 is 0 Å². The molecule has 1 fully saturated rings. The largest absolute Gasteiger partial charge is 0.465 e. The van der Waals surface area contributed by atoms with Crippen molar-refractivity contribution in [3.05, 3.63) is 0 Å². The van der Waals surface area contributed by atoms with Crippen molar-refractivity contribution in [3.63, 3.8) is 0 Å². The minimum absolute atomic E-state index is 0.292. The van der Waals surface area contributed by atoms with Crippen LogP contribution < -0.4 is 5.73 Å². The maximum absolute atomic E-state index is 11.3. The summed E-state index contributed by atoms with van der Waals surface area (Å²) in [7, 11) is 1.76. The van der Waals surface area contributed by atoms with Crippen LogP contribution in [0.5, 0.6) is 0 Å². The molecule has 0 aromatic rings. The van der Waals surface area contributed by atoms with E-state index in [1.807, 2.05) is 0 Å². The van der Waals surface area contributed by atoms with Gasteiger partial charge in [-0.2, -0.15) is 0 Å². The van der Waals surface area contributed by atoms with Crippen molar-refractivity contribution in [1.29, 1.82) is 0 Å². The summed E-state index contributed by atoms with van der Waals surface area (Å²) >= 11 is 0. The Bertz CT molecular complexity index is 228. The van der Waals surface area contributed by atoms with Gasteiger partial charge in [-0.05, 0) is 26.2 Å². The molecule has 1 atom stereocenters. The van der Waals surface area contributed by atoms with Crippen LogP contribution in [0.25, 0.3) is 0 Å². The monoisotopic (exact) mass is 244 g/mol. The Balaban J connectivity index is 2.16. The first-order chi connectivity index (χ1) is 8.17. The van der Waals surface area contributed by atoms with Crippen LogP contribution in [0.2, 0.25) is 0 Å². The number of hydrogen-bond acceptors (Lipinski definition) is 5. The zero-order chi connectivity index (χ0) is 12.7. The molecule has 5 heteroatoms. The van der Waals surface area contributed by atoms with Crippen molar-refractivity contribution in [2.45, 2.75) is 38.3 Å². The quantitative estimate of drug-likeness (QED) is 0.684. The van der Waals surface area contributed by atoms with E-state index in [2.05, 4.69) is 4.90 Å². The number of carbonyl (C=O) groups is 1. The third-order valence-electron chi connectivity index (χ3n) is 3.21. The van der Waals surface area contributed by atoms with E-state index in [-0.39, 0.29) is 5.97 Å². The van der Waals surface area contributed by atoms with Crippen LogP contribution >= 0.6 is 0 Å². The summed E-state index contributed by atoms with van der Waals surface area (Å²) in [5.41, 5.74) is 5.75. The predicted molar refractivity (Wildman–Crippen MR) is 65.7 cm³/mol. The van der Waals surface area contributed by atoms with Crippen LogP contribution in [0.3, 0.4) is 0 Å². The summed E-state index contributed by atoms with van der Waals surface area (Å²) in [6.45, 7) is 5.09. The second-order valence-electron chi connectivity index (χ2n) is 4.42. The molecular weight excluding hydrogens is 220 g/mol. The van der Waals surface area contributed by atoms with Gasteiger partial charge in [0.05, 0.1) is 12.7 Å². The first-order valence-electron chi connectivity index (χ1n) is 6.34. The van der Waals surface area contributed by atoms with Crippen LogP contribution in [-0.4, -0.2) is 56.4 Å². The molecule has 0 aliphatic carbocycles. The third kappa shape index (κ3) is 5.02. The molecule has 1 unspecified atom stereocenters. The lowest BCUT2D eigenvalue weighted by Crippen LogP contribution is -2.41. The smallest absolute Gasteiger partial charge is 0.322 e. The number of methoxy groups -OCH3 is 1. The van der Waals surface area contributed by atoms with Crippen LogP contribution in [0.15, 0.2) is 0 Å². The van der Waals surface area contributed by atoms with Crippen molar-refractivity contribution < 1.29 is 14.3 Å². The number of esters is 1. The van der Waals surface area contributed by atoms with Gasteiger partial charge in [-0.3, -0.25) is 4.79 Å². The number of rotatable bonds is 6. The van der Waals surface area contributed by atoms with Gasteiger partial charge in [-0.1, -0.05) is 0 Å². The van der Waals surface area contributed by atoms with Gasteiger partial charge in [0.15, 0.2) is 0 Å². The molecule has 0 aromatic heterocycles. The zero-order valence-corrected chi connectivity index (χ0v) is 10.9. The molecule has 2 N–H and O–H groups in total. The summed E-state index contributed by atoms with van der Waals surface area (Å²) in [4.78, 5) is 13.7. The highest BCUT2D eigenvalue weighted by molar-refractivity contribution is 5.75. The molecule has 1 heterocycles. The second-order valence-corrected chi connectivity index (χ2v) is 4.42. The van der Waals surface area contributed by atoms with E-state index in [0.717, 1.165) is 32.5 Å². The molecule has 0 bridgehead atoms. The fourth-order valence-corrected chi connectivity index (χ4v) is 2.06. The average molecular weight is 244 g/mol. The van der Waals surface area contributed by atoms with E-state index in [0.29, 0.717) is 19.1 Å². The molecule has 1 rings (SSSR count). The highest BCUT2D eigenvalue weighted by Gasteiger charge is 2.20. The van der Waals surface area contributed by atoms with E-state index < -0.39 is 6.04 Å². The van der Waals surface area contributed by atoms with Crippen molar-refractivity contribution in [1.82, 2.24) is 4.90 Å². The van der Waals surface area contributed by atoms with Crippen LogP contribution in [0.1, 0.15) is 26.2 Å². The van der Waals surface area contributed by atoms with Gasteiger partial charge < -0.3 is 20.1 Å². The Morgan fingerprint density at radius 2 is 2.12 bits per heavy atom. The lowest BCUT2D eigenvalue weighted by molar-refractivity contribution is -0.144. The maximum Gasteiger partial charge on any atom is 0.322 e. The number of ether oxygens (including phenoxy) is 2. The molecule has 1 saturated heterocycles. The molecule has 1 aliphatic rings. The molecule has 100 valence electrons. The second kappa shape index (κ2) is 7.63. The minimum atomic E-state index is -0.491. The fraction of sp³-hybridized carbons (Fsp3) is 0.917. The molecule has 17 heavy (non-hydrogen) atoms. The van der Waals surface area contributed by atoms with E-state index in [9.17, 15) is 4.79 Å². The molecule has 0 spiro atoms. The minimum Gasteiger partial charge on any atom is -0.465 e. The van der Waals surface area contributed by atoms with Gasteiger partial charge in [-0.15, -0.1) is 0 Å². The molecule has 1 aliphatic heterocycles. The van der Waals surface area contributed by atoms with Crippen LogP contribution in [0.4, 0.5) is 0 Å². The van der Waals surface area contributed by atoms with E-state index in [1.165, 1.54) is 0 Å². The molecule has 0 amide bonds. The van der Waals surface area contributed by atoms with Crippen molar-refractivity contribution >= 4 is 5.97 Å². The lowest BCUT2D eigenvalue weighted by atomic mass is 10.1. The van der Waals surface area contributed by atoms with Gasteiger partial charge in [0.2, 0.25) is 0 Å². The summed E-state index contributed by atoms with van der Waals surface area (Å²) in [5, 5.41) is 0. The third-order valence-corrected chi connectivity index (χ3v) is 3.21. The topological polar surface area (TPSA) is 64.8 Å². The summed E-state index contributed by atoms with van der Waals surface area (Å²) < 4.78 is 10.2. The first kappa shape index (κ1) is 14.4. The highest BCUT2D eigenvalue weighted by Crippen LogP contribution is 2.13. The Kier molecular flexibility index (Phi) is 6.47. The Labute approximate surface area is 103 Å². The van der Waals surface area contributed by atoms with Crippen molar-refractivity contribution in [2.75, 3.05) is 33.4 Å². The van der Waals surface area contributed by atoms with Gasteiger partial charge in [0, 0.05) is 26.7 Å². The van der Waals surface area contributed by atoms with E-state index in [4.69, 9.17) is 15.2 Å². The van der Waals surface area contributed by atoms with Crippen molar-refractivity contribution in [3.8, 4) is 0 Å². The van der Waals surface area contributed by atoms with Crippen LogP contribution in [-0.2, 0) is 14.3 Å². The summed E-state index contributed by atoms with van der Waals surface area (Å²) in [6.07, 6.45) is 3.18. The number of carbonyl (C=O) groups excluding carboxylic acids is 1. The summed E-state index contributed by atoms with van der Waals surface area (Å²) in [5.74, 6) is -0.292. The Hall–Kier alpha value is -0.650. The normalized spacial score (nSPS) is 20.2. The molecular formula is C12H24N2O3. The number of piperidine rings is 1. The highest BCUT2D eigenvalue weighted by atomic mass is 16.5. The molecule has 5 nitrogen and oxygen atoms in total. The van der Waals surface area contributed by atoms with Crippen molar-refractivity contribution in [2.24, 2.45) is 5.73 Å². The number of likely N-dealkylation sites (tertiary alicyclic amines) is 1. The Morgan fingerprint density at radius 1 is 1.47 bits per heavy atom. The number of nitrogens with two attached hydrogens (primary N) is 1. The molecule has 0 aromatic carbocycles. The lowest BCUT2D eigenvalue weighted by Gasteiger charge is -2.31. The van der Waals surface area contributed by atoms with Gasteiger partial charge in [0.1, 0.15) is 6.04 Å². The predicted octanol–water partition coefficient (Wildman–Crippen LogP) is 0.378. The average Bonchev–Trinajstić information content (AvgIpc) is 2.36. The number of nitrogens with zero attached hydrogens (tertiary/aromatic N) is 1. The Morgan fingerprint density at radius 3 is 2.65 bits per heavy atom.